The quantitative estimate of drug-likeness (QED) is 0.911. The van der Waals surface area contributed by atoms with Crippen molar-refractivity contribution in [2.24, 2.45) is 5.41 Å². The van der Waals surface area contributed by atoms with Crippen molar-refractivity contribution in [1.82, 2.24) is 10.2 Å². The lowest BCUT2D eigenvalue weighted by molar-refractivity contribution is 0.0540. The van der Waals surface area contributed by atoms with E-state index in [2.05, 4.69) is 29.3 Å². The minimum Gasteiger partial charge on any atom is -0.316 e. The average Bonchev–Trinajstić information content (AvgIpc) is 2.51. The second kappa shape index (κ2) is 6.68. The van der Waals surface area contributed by atoms with E-state index in [1.54, 1.807) is 0 Å². The van der Waals surface area contributed by atoms with Crippen molar-refractivity contribution < 1.29 is 0 Å². The maximum atomic E-state index is 6.50. The molecule has 3 rings (SSSR count). The van der Waals surface area contributed by atoms with Crippen molar-refractivity contribution in [2.45, 2.75) is 38.5 Å². The molecule has 1 aromatic rings. The van der Waals surface area contributed by atoms with Crippen molar-refractivity contribution in [3.8, 4) is 0 Å². The Morgan fingerprint density at radius 1 is 1.24 bits per heavy atom. The van der Waals surface area contributed by atoms with E-state index >= 15 is 0 Å². The standard InChI is InChI=1S/C18H27ClN2/c1-2-11-21-12-8-18(9-13-21)7-10-20-14-16(18)15-5-3-4-6-17(15)19/h3-6,16,20H,2,7-14H2,1H3. The molecular formula is C18H27ClN2. The highest BCUT2D eigenvalue weighted by molar-refractivity contribution is 6.31. The number of likely N-dealkylation sites (tertiary alicyclic amines) is 1. The zero-order valence-electron chi connectivity index (χ0n) is 13.1. The molecule has 3 heteroatoms. The molecule has 0 amide bonds. The number of nitrogens with one attached hydrogen (secondary N) is 1. The molecule has 116 valence electrons. The van der Waals surface area contributed by atoms with Gasteiger partial charge in [0.15, 0.2) is 0 Å². The predicted molar refractivity (Wildman–Crippen MR) is 90.1 cm³/mol. The number of halogens is 1. The summed E-state index contributed by atoms with van der Waals surface area (Å²) < 4.78 is 0. The van der Waals surface area contributed by atoms with Gasteiger partial charge in [0, 0.05) is 17.5 Å². The lowest BCUT2D eigenvalue weighted by Gasteiger charge is -2.50. The van der Waals surface area contributed by atoms with Crippen LogP contribution in [0.15, 0.2) is 24.3 Å². The van der Waals surface area contributed by atoms with Crippen LogP contribution in [0.25, 0.3) is 0 Å². The normalized spacial score (nSPS) is 26.1. The molecule has 1 unspecified atom stereocenters. The summed E-state index contributed by atoms with van der Waals surface area (Å²) in [5.41, 5.74) is 1.82. The molecular weight excluding hydrogens is 280 g/mol. The third kappa shape index (κ3) is 3.13. The van der Waals surface area contributed by atoms with Gasteiger partial charge in [-0.05, 0) is 68.9 Å². The Morgan fingerprint density at radius 2 is 2.00 bits per heavy atom. The molecule has 1 aromatic carbocycles. The van der Waals surface area contributed by atoms with Crippen LogP contribution in [0, 0.1) is 5.41 Å². The van der Waals surface area contributed by atoms with Crippen molar-refractivity contribution in [2.75, 3.05) is 32.7 Å². The van der Waals surface area contributed by atoms with E-state index in [0.717, 1.165) is 18.1 Å². The highest BCUT2D eigenvalue weighted by Gasteiger charge is 2.43. The SMILES string of the molecule is CCCN1CCC2(CCNCC2c2ccccc2Cl)CC1. The first-order chi connectivity index (χ1) is 10.2. The Kier molecular flexibility index (Phi) is 4.88. The van der Waals surface area contributed by atoms with Crippen LogP contribution in [-0.4, -0.2) is 37.6 Å². The highest BCUT2D eigenvalue weighted by atomic mass is 35.5. The van der Waals surface area contributed by atoms with E-state index in [4.69, 9.17) is 11.6 Å². The lowest BCUT2D eigenvalue weighted by Crippen LogP contribution is -2.50. The highest BCUT2D eigenvalue weighted by Crippen LogP contribution is 2.49. The van der Waals surface area contributed by atoms with Gasteiger partial charge in [0.25, 0.3) is 0 Å². The number of rotatable bonds is 3. The summed E-state index contributed by atoms with van der Waals surface area (Å²) in [5, 5.41) is 4.54. The minimum absolute atomic E-state index is 0.459. The van der Waals surface area contributed by atoms with Gasteiger partial charge in [-0.2, -0.15) is 0 Å². The van der Waals surface area contributed by atoms with Gasteiger partial charge in [-0.15, -0.1) is 0 Å². The first-order valence-corrected chi connectivity index (χ1v) is 8.80. The van der Waals surface area contributed by atoms with Crippen LogP contribution in [0.5, 0.6) is 0 Å². The maximum Gasteiger partial charge on any atom is 0.0441 e. The van der Waals surface area contributed by atoms with Gasteiger partial charge in [-0.3, -0.25) is 0 Å². The van der Waals surface area contributed by atoms with Crippen LogP contribution < -0.4 is 5.32 Å². The third-order valence-electron chi connectivity index (χ3n) is 5.56. The molecule has 2 heterocycles. The van der Waals surface area contributed by atoms with Crippen LogP contribution in [0.4, 0.5) is 0 Å². The second-order valence-corrected chi connectivity index (χ2v) is 7.14. The summed E-state index contributed by atoms with van der Waals surface area (Å²) in [6.07, 6.45) is 5.21. The fraction of sp³-hybridized carbons (Fsp3) is 0.667. The van der Waals surface area contributed by atoms with Gasteiger partial charge in [0.1, 0.15) is 0 Å². The molecule has 0 radical (unpaired) electrons. The molecule has 1 atom stereocenters. The molecule has 2 aliphatic rings. The molecule has 1 N–H and O–H groups in total. The van der Waals surface area contributed by atoms with Crippen LogP contribution in [-0.2, 0) is 0 Å². The van der Waals surface area contributed by atoms with Gasteiger partial charge in [-0.25, -0.2) is 0 Å². The molecule has 2 fully saturated rings. The van der Waals surface area contributed by atoms with Gasteiger partial charge in [-0.1, -0.05) is 36.7 Å². The average molecular weight is 307 g/mol. The summed E-state index contributed by atoms with van der Waals surface area (Å²) in [6.45, 7) is 8.29. The summed E-state index contributed by atoms with van der Waals surface area (Å²) in [4.78, 5) is 2.64. The number of hydrogen-bond acceptors (Lipinski definition) is 2. The van der Waals surface area contributed by atoms with Crippen molar-refractivity contribution >= 4 is 11.6 Å². The molecule has 0 bridgehead atoms. The summed E-state index contributed by atoms with van der Waals surface area (Å²) in [5.74, 6) is 0.573. The zero-order valence-corrected chi connectivity index (χ0v) is 13.8. The molecule has 21 heavy (non-hydrogen) atoms. The zero-order chi connectivity index (χ0) is 14.7. The van der Waals surface area contributed by atoms with Gasteiger partial charge < -0.3 is 10.2 Å². The third-order valence-corrected chi connectivity index (χ3v) is 5.90. The fourth-order valence-corrected chi connectivity index (χ4v) is 4.58. The van der Waals surface area contributed by atoms with E-state index in [0.29, 0.717) is 11.3 Å². The summed E-state index contributed by atoms with van der Waals surface area (Å²) >= 11 is 6.50. The van der Waals surface area contributed by atoms with E-state index in [-0.39, 0.29) is 0 Å². The first-order valence-electron chi connectivity index (χ1n) is 8.43. The molecule has 2 saturated heterocycles. The molecule has 1 spiro atoms. The Morgan fingerprint density at radius 3 is 2.71 bits per heavy atom. The Balaban J connectivity index is 1.81. The number of nitrogens with zero attached hydrogens (tertiary/aromatic N) is 1. The summed E-state index contributed by atoms with van der Waals surface area (Å²) in [7, 11) is 0. The smallest absolute Gasteiger partial charge is 0.0441 e. The topological polar surface area (TPSA) is 15.3 Å². The summed E-state index contributed by atoms with van der Waals surface area (Å²) in [6, 6.07) is 8.46. The molecule has 0 aromatic heterocycles. The maximum absolute atomic E-state index is 6.50. The van der Waals surface area contributed by atoms with Crippen molar-refractivity contribution in [3.63, 3.8) is 0 Å². The van der Waals surface area contributed by atoms with Crippen molar-refractivity contribution in [3.05, 3.63) is 34.9 Å². The largest absolute Gasteiger partial charge is 0.316 e. The monoisotopic (exact) mass is 306 g/mol. The van der Waals surface area contributed by atoms with E-state index < -0.39 is 0 Å². The van der Waals surface area contributed by atoms with Crippen LogP contribution in [0.2, 0.25) is 5.02 Å². The molecule has 2 aliphatic heterocycles. The van der Waals surface area contributed by atoms with Gasteiger partial charge in [0.2, 0.25) is 0 Å². The first kappa shape index (κ1) is 15.3. The van der Waals surface area contributed by atoms with Crippen LogP contribution in [0.3, 0.4) is 0 Å². The van der Waals surface area contributed by atoms with Gasteiger partial charge in [0.05, 0.1) is 0 Å². The Hall–Kier alpha value is -0.570. The van der Waals surface area contributed by atoms with E-state index in [1.165, 1.54) is 50.9 Å². The Bertz CT molecular complexity index is 466. The second-order valence-electron chi connectivity index (χ2n) is 6.73. The number of benzene rings is 1. The molecule has 0 saturated carbocycles. The lowest BCUT2D eigenvalue weighted by atomic mass is 9.62. The Labute approximate surface area is 133 Å². The van der Waals surface area contributed by atoms with Crippen LogP contribution in [0.1, 0.15) is 44.1 Å². The number of piperidine rings is 2. The van der Waals surface area contributed by atoms with Crippen LogP contribution >= 0.6 is 11.6 Å². The molecule has 2 nitrogen and oxygen atoms in total. The minimum atomic E-state index is 0.459. The fourth-order valence-electron chi connectivity index (χ4n) is 4.31. The predicted octanol–water partition coefficient (Wildman–Crippen LogP) is 3.91. The number of hydrogen-bond donors (Lipinski definition) is 1. The van der Waals surface area contributed by atoms with E-state index in [9.17, 15) is 0 Å². The van der Waals surface area contributed by atoms with Crippen molar-refractivity contribution in [1.29, 1.82) is 0 Å². The van der Waals surface area contributed by atoms with Gasteiger partial charge >= 0.3 is 0 Å². The van der Waals surface area contributed by atoms with E-state index in [1.807, 2.05) is 12.1 Å². The molecule has 0 aliphatic carbocycles.